The smallest absolute Gasteiger partial charge is 0.273 e. The third-order valence-electron chi connectivity index (χ3n) is 4.35. The van der Waals surface area contributed by atoms with Crippen LogP contribution in [0.3, 0.4) is 0 Å². The van der Waals surface area contributed by atoms with E-state index in [-0.39, 0.29) is 10.6 Å². The summed E-state index contributed by atoms with van der Waals surface area (Å²) in [5.74, 6) is 0. The van der Waals surface area contributed by atoms with Gasteiger partial charge in [-0.2, -0.15) is 4.31 Å². The molecule has 0 radical (unpaired) electrons. The molecule has 3 rings (SSSR count). The molecule has 1 aromatic carbocycles. The Morgan fingerprint density at radius 1 is 1.19 bits per heavy atom. The lowest BCUT2D eigenvalue weighted by Crippen LogP contribution is -2.48. The summed E-state index contributed by atoms with van der Waals surface area (Å²) < 4.78 is 27.7. The van der Waals surface area contributed by atoms with Crippen LogP contribution in [-0.2, 0) is 16.6 Å². The molecule has 2 heterocycles. The molecule has 0 N–H and O–H groups in total. The highest BCUT2D eigenvalue weighted by Crippen LogP contribution is 2.26. The molecular formula is C16H18ClN3O4S2. The largest absolute Gasteiger partial charge is 0.296 e. The van der Waals surface area contributed by atoms with Gasteiger partial charge in [-0.05, 0) is 25.1 Å². The van der Waals surface area contributed by atoms with Crippen LogP contribution in [0.5, 0.6) is 0 Å². The van der Waals surface area contributed by atoms with Crippen molar-refractivity contribution in [2.75, 3.05) is 26.2 Å². The molecule has 0 spiro atoms. The van der Waals surface area contributed by atoms with Crippen LogP contribution < -0.4 is 0 Å². The fourth-order valence-corrected chi connectivity index (χ4v) is 5.45. The maximum atomic E-state index is 12.8. The van der Waals surface area contributed by atoms with E-state index in [4.69, 9.17) is 11.6 Å². The number of hydrogen-bond acceptors (Lipinski definition) is 6. The number of hydrogen-bond donors (Lipinski definition) is 0. The monoisotopic (exact) mass is 415 g/mol. The Morgan fingerprint density at radius 2 is 1.88 bits per heavy atom. The second kappa shape index (κ2) is 7.61. The minimum absolute atomic E-state index is 0.0340. The first-order valence-corrected chi connectivity index (χ1v) is 10.6. The van der Waals surface area contributed by atoms with Crippen LogP contribution in [0.15, 0.2) is 35.2 Å². The van der Waals surface area contributed by atoms with Crippen molar-refractivity contribution < 1.29 is 13.3 Å². The number of aryl methyl sites for hydroxylation is 1. The normalized spacial score (nSPS) is 16.7. The molecule has 0 aliphatic carbocycles. The van der Waals surface area contributed by atoms with E-state index in [0.717, 1.165) is 21.8 Å². The van der Waals surface area contributed by atoms with E-state index in [9.17, 15) is 18.5 Å². The highest BCUT2D eigenvalue weighted by Gasteiger charge is 2.30. The van der Waals surface area contributed by atoms with Crippen molar-refractivity contribution >= 4 is 38.6 Å². The zero-order valence-corrected chi connectivity index (χ0v) is 16.5. The molecule has 0 saturated carbocycles. The number of rotatable bonds is 5. The first-order valence-electron chi connectivity index (χ1n) is 7.99. The molecule has 26 heavy (non-hydrogen) atoms. The highest BCUT2D eigenvalue weighted by molar-refractivity contribution is 7.89. The Morgan fingerprint density at radius 3 is 2.46 bits per heavy atom. The summed E-state index contributed by atoms with van der Waals surface area (Å²) in [6, 6.07) is 7.87. The molecule has 0 bridgehead atoms. The first-order chi connectivity index (χ1) is 12.3. The van der Waals surface area contributed by atoms with Gasteiger partial charge in [-0.3, -0.25) is 15.0 Å². The minimum Gasteiger partial charge on any atom is -0.296 e. The number of sulfonamides is 1. The van der Waals surface area contributed by atoms with Crippen molar-refractivity contribution in [1.29, 1.82) is 0 Å². The maximum absolute atomic E-state index is 12.8. The average Bonchev–Trinajstić information content (AvgIpc) is 3.00. The molecule has 1 saturated heterocycles. The second-order valence-electron chi connectivity index (χ2n) is 6.09. The van der Waals surface area contributed by atoms with Gasteiger partial charge in [-0.25, -0.2) is 8.42 Å². The van der Waals surface area contributed by atoms with Gasteiger partial charge in [-0.1, -0.05) is 17.7 Å². The van der Waals surface area contributed by atoms with Gasteiger partial charge in [-0.15, -0.1) is 11.3 Å². The molecule has 140 valence electrons. The van der Waals surface area contributed by atoms with Gasteiger partial charge in [0.1, 0.15) is 0 Å². The number of benzene rings is 1. The van der Waals surface area contributed by atoms with Gasteiger partial charge in [0.2, 0.25) is 10.0 Å². The topological polar surface area (TPSA) is 83.8 Å². The highest BCUT2D eigenvalue weighted by atomic mass is 35.5. The predicted octanol–water partition coefficient (Wildman–Crippen LogP) is 3.12. The van der Waals surface area contributed by atoms with Gasteiger partial charge in [0, 0.05) is 49.2 Å². The van der Waals surface area contributed by atoms with E-state index in [0.29, 0.717) is 31.7 Å². The quantitative estimate of drug-likeness (QED) is 0.553. The lowest BCUT2D eigenvalue weighted by atomic mass is 10.2. The lowest BCUT2D eigenvalue weighted by molar-refractivity contribution is -0.385. The fraction of sp³-hybridized carbons (Fsp3) is 0.375. The summed E-state index contributed by atoms with van der Waals surface area (Å²) in [6.45, 7) is 4.23. The van der Waals surface area contributed by atoms with Crippen molar-refractivity contribution in [3.63, 3.8) is 0 Å². The molecule has 0 unspecified atom stereocenters. The predicted molar refractivity (Wildman–Crippen MR) is 101 cm³/mol. The SMILES string of the molecule is Cc1ccc(S(=O)(=O)N2CCN(Cc3ccc(Cl)s3)CC2)cc1[N+](=O)[O-]. The Balaban J connectivity index is 1.70. The van der Waals surface area contributed by atoms with Crippen LogP contribution in [0, 0.1) is 17.0 Å². The van der Waals surface area contributed by atoms with E-state index in [1.54, 1.807) is 6.92 Å². The van der Waals surface area contributed by atoms with Gasteiger partial charge in [0.25, 0.3) is 5.69 Å². The fourth-order valence-electron chi connectivity index (χ4n) is 2.88. The van der Waals surface area contributed by atoms with Crippen molar-refractivity contribution in [1.82, 2.24) is 9.21 Å². The van der Waals surface area contributed by atoms with Crippen LogP contribution in [0.2, 0.25) is 4.34 Å². The third-order valence-corrected chi connectivity index (χ3v) is 7.47. The summed E-state index contributed by atoms with van der Waals surface area (Å²) in [7, 11) is -3.74. The molecule has 0 atom stereocenters. The third kappa shape index (κ3) is 4.07. The zero-order chi connectivity index (χ0) is 18.9. The van der Waals surface area contributed by atoms with E-state index >= 15 is 0 Å². The summed E-state index contributed by atoms with van der Waals surface area (Å²) in [4.78, 5) is 13.8. The van der Waals surface area contributed by atoms with Gasteiger partial charge in [0.05, 0.1) is 14.2 Å². The Hall–Kier alpha value is -1.52. The molecule has 0 amide bonds. The van der Waals surface area contributed by atoms with E-state index < -0.39 is 14.9 Å². The first kappa shape index (κ1) is 19.2. The minimum atomic E-state index is -3.74. The van der Waals surface area contributed by atoms with Gasteiger partial charge in [0.15, 0.2) is 0 Å². The van der Waals surface area contributed by atoms with E-state index in [2.05, 4.69) is 4.90 Å². The summed E-state index contributed by atoms with van der Waals surface area (Å²) in [5.41, 5.74) is 0.257. The lowest BCUT2D eigenvalue weighted by Gasteiger charge is -2.33. The van der Waals surface area contributed by atoms with Crippen molar-refractivity contribution in [2.45, 2.75) is 18.4 Å². The Labute approximate surface area is 161 Å². The summed E-state index contributed by atoms with van der Waals surface area (Å²) in [6.07, 6.45) is 0. The standard InChI is InChI=1S/C16H18ClN3O4S2/c1-12-2-4-14(10-15(12)20(21)22)26(23,24)19-8-6-18(7-9-19)11-13-3-5-16(17)25-13/h2-5,10H,6-9,11H2,1H3. The van der Waals surface area contributed by atoms with Crippen LogP contribution in [-0.4, -0.2) is 48.7 Å². The van der Waals surface area contributed by atoms with Crippen LogP contribution in [0.25, 0.3) is 0 Å². The summed E-state index contributed by atoms with van der Waals surface area (Å²) in [5, 5.41) is 11.1. The number of nitro benzene ring substituents is 1. The van der Waals surface area contributed by atoms with Crippen LogP contribution in [0.1, 0.15) is 10.4 Å². The van der Waals surface area contributed by atoms with Crippen molar-refractivity contribution in [3.05, 3.63) is 55.2 Å². The van der Waals surface area contributed by atoms with E-state index in [1.807, 2.05) is 12.1 Å². The zero-order valence-electron chi connectivity index (χ0n) is 14.1. The molecular weight excluding hydrogens is 398 g/mol. The average molecular weight is 416 g/mol. The molecule has 1 aromatic heterocycles. The van der Waals surface area contributed by atoms with Crippen molar-refractivity contribution in [3.8, 4) is 0 Å². The van der Waals surface area contributed by atoms with Crippen LogP contribution >= 0.6 is 22.9 Å². The Bertz CT molecular complexity index is 921. The van der Waals surface area contributed by atoms with Crippen molar-refractivity contribution in [2.24, 2.45) is 0 Å². The molecule has 2 aromatic rings. The summed E-state index contributed by atoms with van der Waals surface area (Å²) >= 11 is 7.46. The molecule has 1 fully saturated rings. The van der Waals surface area contributed by atoms with Crippen LogP contribution in [0.4, 0.5) is 5.69 Å². The molecule has 10 heteroatoms. The van der Waals surface area contributed by atoms with E-state index in [1.165, 1.54) is 27.8 Å². The number of nitrogens with zero attached hydrogens (tertiary/aromatic N) is 3. The molecule has 1 aliphatic rings. The molecule has 7 nitrogen and oxygen atoms in total. The number of piperazine rings is 1. The number of nitro groups is 1. The maximum Gasteiger partial charge on any atom is 0.273 e. The van der Waals surface area contributed by atoms with Gasteiger partial charge < -0.3 is 0 Å². The van der Waals surface area contributed by atoms with Gasteiger partial charge >= 0.3 is 0 Å². The second-order valence-corrected chi connectivity index (χ2v) is 9.83. The molecule has 1 aliphatic heterocycles. The Kier molecular flexibility index (Phi) is 5.64. The number of halogens is 1. The number of thiophene rings is 1.